The van der Waals surface area contributed by atoms with Crippen molar-refractivity contribution in [2.45, 2.75) is 32.6 Å². The van der Waals surface area contributed by atoms with E-state index in [4.69, 9.17) is 9.84 Å². The van der Waals surface area contributed by atoms with Crippen LogP contribution in [0.25, 0.3) is 0 Å². The van der Waals surface area contributed by atoms with E-state index in [1.807, 2.05) is 31.2 Å². The average molecular weight is 251 g/mol. The molecule has 0 aliphatic rings. The maximum atomic E-state index is 10.3. The van der Waals surface area contributed by atoms with Crippen molar-refractivity contribution in [2.24, 2.45) is 0 Å². The van der Waals surface area contributed by atoms with Gasteiger partial charge in [0, 0.05) is 18.7 Å². The van der Waals surface area contributed by atoms with Gasteiger partial charge < -0.3 is 15.2 Å². The smallest absolute Gasteiger partial charge is 0.303 e. The van der Waals surface area contributed by atoms with Crippen LogP contribution in [-0.2, 0) is 4.79 Å². The van der Waals surface area contributed by atoms with Crippen LogP contribution in [0.15, 0.2) is 24.3 Å². The Hall–Kier alpha value is -1.71. The van der Waals surface area contributed by atoms with Gasteiger partial charge in [-0.1, -0.05) is 6.42 Å². The van der Waals surface area contributed by atoms with Gasteiger partial charge in [0.2, 0.25) is 0 Å². The van der Waals surface area contributed by atoms with Crippen LogP contribution >= 0.6 is 0 Å². The summed E-state index contributed by atoms with van der Waals surface area (Å²) in [6.45, 7) is 3.51. The highest BCUT2D eigenvalue weighted by molar-refractivity contribution is 5.66. The lowest BCUT2D eigenvalue weighted by atomic mass is 10.2. The van der Waals surface area contributed by atoms with Crippen LogP contribution in [0.2, 0.25) is 0 Å². The number of carboxylic acids is 1. The minimum atomic E-state index is -0.713. The number of ether oxygens (including phenoxy) is 1. The molecule has 2 N–H and O–H groups in total. The molecule has 0 aliphatic carbocycles. The van der Waals surface area contributed by atoms with E-state index in [0.717, 1.165) is 37.2 Å². The zero-order valence-corrected chi connectivity index (χ0v) is 10.8. The van der Waals surface area contributed by atoms with Crippen LogP contribution in [-0.4, -0.2) is 24.2 Å². The number of hydrogen-bond donors (Lipinski definition) is 2. The van der Waals surface area contributed by atoms with Crippen LogP contribution in [0.1, 0.15) is 32.6 Å². The highest BCUT2D eigenvalue weighted by atomic mass is 16.5. The van der Waals surface area contributed by atoms with Crippen molar-refractivity contribution in [3.63, 3.8) is 0 Å². The fraction of sp³-hybridized carbons (Fsp3) is 0.500. The van der Waals surface area contributed by atoms with Crippen LogP contribution in [0, 0.1) is 0 Å². The highest BCUT2D eigenvalue weighted by Crippen LogP contribution is 2.15. The third-order valence-electron chi connectivity index (χ3n) is 2.56. The monoisotopic (exact) mass is 251 g/mol. The molecule has 0 saturated carbocycles. The van der Waals surface area contributed by atoms with Crippen molar-refractivity contribution in [1.29, 1.82) is 0 Å². The predicted octanol–water partition coefficient (Wildman–Crippen LogP) is 3.14. The van der Waals surface area contributed by atoms with E-state index in [1.54, 1.807) is 0 Å². The summed E-state index contributed by atoms with van der Waals surface area (Å²) in [5, 5.41) is 11.8. The largest absolute Gasteiger partial charge is 0.494 e. The first kappa shape index (κ1) is 14.4. The number of benzene rings is 1. The number of carbonyl (C=O) groups is 1. The van der Waals surface area contributed by atoms with Crippen molar-refractivity contribution in [1.82, 2.24) is 0 Å². The molecule has 4 heteroatoms. The maximum Gasteiger partial charge on any atom is 0.303 e. The molecule has 0 bridgehead atoms. The molecule has 18 heavy (non-hydrogen) atoms. The molecule has 0 aromatic heterocycles. The Morgan fingerprint density at radius 1 is 1.22 bits per heavy atom. The minimum absolute atomic E-state index is 0.267. The molecule has 0 spiro atoms. The molecule has 0 aliphatic heterocycles. The first-order valence-electron chi connectivity index (χ1n) is 6.41. The maximum absolute atomic E-state index is 10.3. The molecule has 100 valence electrons. The van der Waals surface area contributed by atoms with Gasteiger partial charge in [-0.05, 0) is 44.0 Å². The summed E-state index contributed by atoms with van der Waals surface area (Å²) in [5.74, 6) is 0.166. The molecule has 0 fully saturated rings. The van der Waals surface area contributed by atoms with E-state index in [-0.39, 0.29) is 6.42 Å². The van der Waals surface area contributed by atoms with Gasteiger partial charge >= 0.3 is 5.97 Å². The first-order chi connectivity index (χ1) is 8.72. The van der Waals surface area contributed by atoms with E-state index >= 15 is 0 Å². The zero-order chi connectivity index (χ0) is 13.2. The van der Waals surface area contributed by atoms with Crippen molar-refractivity contribution in [3.05, 3.63) is 24.3 Å². The number of anilines is 1. The summed E-state index contributed by atoms with van der Waals surface area (Å²) in [6, 6.07) is 7.86. The minimum Gasteiger partial charge on any atom is -0.494 e. The summed E-state index contributed by atoms with van der Waals surface area (Å²) in [4.78, 5) is 10.3. The summed E-state index contributed by atoms with van der Waals surface area (Å²) >= 11 is 0. The quantitative estimate of drug-likeness (QED) is 0.662. The fourth-order valence-electron chi connectivity index (χ4n) is 1.65. The second kappa shape index (κ2) is 8.39. The number of aliphatic carboxylic acids is 1. The number of unbranched alkanes of at least 4 members (excludes halogenated alkanes) is 2. The zero-order valence-electron chi connectivity index (χ0n) is 10.8. The molecule has 0 amide bonds. The van der Waals surface area contributed by atoms with Crippen molar-refractivity contribution in [2.75, 3.05) is 18.5 Å². The molecule has 4 nitrogen and oxygen atoms in total. The van der Waals surface area contributed by atoms with Gasteiger partial charge in [-0.25, -0.2) is 0 Å². The SMILES string of the molecule is CCOc1ccc(NCCCCCC(=O)O)cc1. The number of nitrogens with one attached hydrogen (secondary N) is 1. The molecule has 0 atom stereocenters. The van der Waals surface area contributed by atoms with Crippen molar-refractivity contribution >= 4 is 11.7 Å². The van der Waals surface area contributed by atoms with E-state index in [2.05, 4.69) is 5.32 Å². The lowest BCUT2D eigenvalue weighted by Crippen LogP contribution is -2.02. The Bertz CT molecular complexity index is 349. The normalized spacial score (nSPS) is 10.1. The van der Waals surface area contributed by atoms with Crippen LogP contribution in [0.4, 0.5) is 5.69 Å². The summed E-state index contributed by atoms with van der Waals surface area (Å²) in [5.41, 5.74) is 1.07. The molecule has 1 aromatic rings. The molecule has 0 radical (unpaired) electrons. The molecule has 0 heterocycles. The van der Waals surface area contributed by atoms with E-state index in [0.29, 0.717) is 6.61 Å². The summed E-state index contributed by atoms with van der Waals surface area (Å²) in [6.07, 6.45) is 2.94. The standard InChI is InChI=1S/C14H21NO3/c1-2-18-13-9-7-12(8-10-13)15-11-5-3-4-6-14(16)17/h7-10,15H,2-6,11H2,1H3,(H,16,17). The van der Waals surface area contributed by atoms with Gasteiger partial charge in [-0.15, -0.1) is 0 Å². The molecule has 0 unspecified atom stereocenters. The van der Waals surface area contributed by atoms with Gasteiger partial charge in [0.1, 0.15) is 5.75 Å². The Labute approximate surface area is 108 Å². The lowest BCUT2D eigenvalue weighted by molar-refractivity contribution is -0.137. The van der Waals surface area contributed by atoms with Gasteiger partial charge in [0.05, 0.1) is 6.61 Å². The molecular formula is C14H21NO3. The summed E-state index contributed by atoms with van der Waals surface area (Å²) < 4.78 is 5.36. The topological polar surface area (TPSA) is 58.6 Å². The van der Waals surface area contributed by atoms with Gasteiger partial charge in [0.15, 0.2) is 0 Å². The van der Waals surface area contributed by atoms with Crippen LogP contribution < -0.4 is 10.1 Å². The lowest BCUT2D eigenvalue weighted by Gasteiger charge is -2.07. The first-order valence-corrected chi connectivity index (χ1v) is 6.41. The van der Waals surface area contributed by atoms with Crippen LogP contribution in [0.3, 0.4) is 0 Å². The third-order valence-corrected chi connectivity index (χ3v) is 2.56. The Morgan fingerprint density at radius 3 is 2.56 bits per heavy atom. The Morgan fingerprint density at radius 2 is 1.94 bits per heavy atom. The Balaban J connectivity index is 2.13. The molecule has 0 saturated heterocycles. The second-order valence-corrected chi connectivity index (χ2v) is 4.09. The molecule has 1 aromatic carbocycles. The number of rotatable bonds is 9. The van der Waals surface area contributed by atoms with E-state index < -0.39 is 5.97 Å². The summed E-state index contributed by atoms with van der Waals surface area (Å²) in [7, 11) is 0. The predicted molar refractivity (Wildman–Crippen MR) is 72.2 cm³/mol. The van der Waals surface area contributed by atoms with Gasteiger partial charge in [-0.2, -0.15) is 0 Å². The van der Waals surface area contributed by atoms with Crippen molar-refractivity contribution in [3.8, 4) is 5.75 Å². The average Bonchev–Trinajstić information content (AvgIpc) is 2.35. The van der Waals surface area contributed by atoms with Crippen molar-refractivity contribution < 1.29 is 14.6 Å². The highest BCUT2D eigenvalue weighted by Gasteiger charge is 1.97. The van der Waals surface area contributed by atoms with E-state index in [1.165, 1.54) is 0 Å². The van der Waals surface area contributed by atoms with Gasteiger partial charge in [-0.3, -0.25) is 4.79 Å². The molecular weight excluding hydrogens is 230 g/mol. The fourth-order valence-corrected chi connectivity index (χ4v) is 1.65. The second-order valence-electron chi connectivity index (χ2n) is 4.09. The number of carboxylic acid groups (broad SMARTS) is 1. The van der Waals surface area contributed by atoms with Crippen LogP contribution in [0.5, 0.6) is 5.75 Å². The van der Waals surface area contributed by atoms with E-state index in [9.17, 15) is 4.79 Å². The molecule has 1 rings (SSSR count). The number of hydrogen-bond acceptors (Lipinski definition) is 3. The third kappa shape index (κ3) is 6.13. The van der Waals surface area contributed by atoms with Gasteiger partial charge in [0.25, 0.3) is 0 Å². The Kier molecular flexibility index (Phi) is 6.69.